The third kappa shape index (κ3) is 3.13. The minimum Gasteiger partial charge on any atom is -0.383 e. The second-order valence-electron chi connectivity index (χ2n) is 3.84. The molecule has 0 radical (unpaired) electrons. The lowest BCUT2D eigenvalue weighted by Gasteiger charge is -2.09. The second kappa shape index (κ2) is 6.45. The smallest absolute Gasteiger partial charge is 0.165 e. The largest absolute Gasteiger partial charge is 0.383 e. The summed E-state index contributed by atoms with van der Waals surface area (Å²) in [5, 5.41) is 9.09. The number of ether oxygens (including phenoxy) is 1. The molecule has 1 aromatic heterocycles. The van der Waals surface area contributed by atoms with Crippen LogP contribution in [-0.4, -0.2) is 28.5 Å². The maximum absolute atomic E-state index is 13.1. The Morgan fingerprint density at radius 2 is 2.21 bits per heavy atom. The van der Waals surface area contributed by atoms with Gasteiger partial charge in [0.1, 0.15) is 11.6 Å². The number of hydrogen-bond acceptors (Lipinski definition) is 3. The van der Waals surface area contributed by atoms with E-state index in [0.29, 0.717) is 34.9 Å². The molecule has 1 aromatic carbocycles. The summed E-state index contributed by atoms with van der Waals surface area (Å²) < 4.78 is 20.1. The lowest BCUT2D eigenvalue weighted by Crippen LogP contribution is -2.09. The molecule has 102 valence electrons. The first-order valence-electron chi connectivity index (χ1n) is 5.59. The number of halogens is 3. The Morgan fingerprint density at radius 3 is 2.84 bits per heavy atom. The van der Waals surface area contributed by atoms with Crippen molar-refractivity contribution < 1.29 is 9.13 Å². The zero-order chi connectivity index (χ0) is 13.8. The van der Waals surface area contributed by atoms with E-state index in [2.05, 4.69) is 26.1 Å². The van der Waals surface area contributed by atoms with E-state index in [1.807, 2.05) is 4.57 Å². The summed E-state index contributed by atoms with van der Waals surface area (Å²) in [5.74, 6) is 1.00. The summed E-state index contributed by atoms with van der Waals surface area (Å²) >= 11 is 9.42. The van der Waals surface area contributed by atoms with Crippen LogP contribution in [0.25, 0.3) is 11.4 Å². The Hall–Kier alpha value is -0.980. The minimum atomic E-state index is -0.377. The number of aromatic nitrogens is 3. The van der Waals surface area contributed by atoms with Crippen molar-refractivity contribution in [1.82, 2.24) is 14.8 Å². The van der Waals surface area contributed by atoms with Crippen LogP contribution in [0.1, 0.15) is 5.82 Å². The van der Waals surface area contributed by atoms with Crippen molar-refractivity contribution in [3.05, 3.63) is 34.9 Å². The van der Waals surface area contributed by atoms with Gasteiger partial charge in [0.2, 0.25) is 0 Å². The summed E-state index contributed by atoms with van der Waals surface area (Å²) in [4.78, 5) is 0. The first-order chi connectivity index (χ1) is 9.17. The molecule has 0 atom stereocenters. The summed E-state index contributed by atoms with van der Waals surface area (Å²) in [6.07, 6.45) is 0. The molecule has 2 aromatic rings. The van der Waals surface area contributed by atoms with Crippen molar-refractivity contribution in [2.45, 2.75) is 11.9 Å². The SMILES string of the molecule is COCCn1c(CBr)nnc1-c1ccc(F)cc1Cl. The normalized spacial score (nSPS) is 10.9. The molecule has 7 heteroatoms. The topological polar surface area (TPSA) is 39.9 Å². The quantitative estimate of drug-likeness (QED) is 0.779. The van der Waals surface area contributed by atoms with Gasteiger partial charge in [-0.3, -0.25) is 0 Å². The predicted molar refractivity (Wildman–Crippen MR) is 74.9 cm³/mol. The van der Waals surface area contributed by atoms with Crippen LogP contribution in [-0.2, 0) is 16.6 Å². The summed E-state index contributed by atoms with van der Waals surface area (Å²) in [7, 11) is 1.63. The van der Waals surface area contributed by atoms with E-state index in [9.17, 15) is 4.39 Å². The molecule has 4 nitrogen and oxygen atoms in total. The highest BCUT2D eigenvalue weighted by atomic mass is 79.9. The molecule has 1 heterocycles. The van der Waals surface area contributed by atoms with Gasteiger partial charge in [0.05, 0.1) is 17.0 Å². The van der Waals surface area contributed by atoms with Crippen molar-refractivity contribution in [2.24, 2.45) is 0 Å². The van der Waals surface area contributed by atoms with E-state index in [-0.39, 0.29) is 5.82 Å². The summed E-state index contributed by atoms with van der Waals surface area (Å²) in [6, 6.07) is 4.22. The number of methoxy groups -OCH3 is 1. The molecule has 0 amide bonds. The van der Waals surface area contributed by atoms with E-state index in [1.54, 1.807) is 13.2 Å². The van der Waals surface area contributed by atoms with Gasteiger partial charge in [0.15, 0.2) is 5.82 Å². The fraction of sp³-hybridized carbons (Fsp3) is 0.333. The van der Waals surface area contributed by atoms with Crippen LogP contribution in [0.4, 0.5) is 4.39 Å². The Kier molecular flexibility index (Phi) is 4.90. The molecule has 0 saturated heterocycles. The maximum Gasteiger partial charge on any atom is 0.165 e. The number of rotatable bonds is 5. The Bertz CT molecular complexity index is 576. The number of alkyl halides is 1. The van der Waals surface area contributed by atoms with Crippen LogP contribution in [0.15, 0.2) is 18.2 Å². The molecule has 0 aliphatic heterocycles. The van der Waals surface area contributed by atoms with Crippen LogP contribution in [0.5, 0.6) is 0 Å². The van der Waals surface area contributed by atoms with Crippen LogP contribution >= 0.6 is 27.5 Å². The number of hydrogen-bond donors (Lipinski definition) is 0. The zero-order valence-electron chi connectivity index (χ0n) is 10.2. The molecule has 0 unspecified atom stereocenters. The van der Waals surface area contributed by atoms with Crippen LogP contribution < -0.4 is 0 Å². The average molecular weight is 349 g/mol. The van der Waals surface area contributed by atoms with E-state index in [4.69, 9.17) is 16.3 Å². The standard InChI is InChI=1S/C12H12BrClFN3O/c1-19-5-4-18-11(7-13)16-17-12(18)9-3-2-8(15)6-10(9)14/h2-3,6H,4-5,7H2,1H3. The average Bonchev–Trinajstić information content (AvgIpc) is 2.79. The van der Waals surface area contributed by atoms with Crippen LogP contribution in [0.2, 0.25) is 5.02 Å². The fourth-order valence-corrected chi connectivity index (χ4v) is 2.39. The van der Waals surface area contributed by atoms with E-state index < -0.39 is 0 Å². The summed E-state index contributed by atoms with van der Waals surface area (Å²) in [5.41, 5.74) is 0.652. The molecular formula is C12H12BrClFN3O. The molecule has 0 aliphatic carbocycles. The third-order valence-electron chi connectivity index (χ3n) is 2.64. The molecule has 0 bridgehead atoms. The zero-order valence-corrected chi connectivity index (χ0v) is 12.6. The number of benzene rings is 1. The Balaban J connectivity index is 2.46. The van der Waals surface area contributed by atoms with Crippen molar-refractivity contribution in [2.75, 3.05) is 13.7 Å². The molecule has 19 heavy (non-hydrogen) atoms. The lowest BCUT2D eigenvalue weighted by atomic mass is 10.2. The molecule has 2 rings (SSSR count). The van der Waals surface area contributed by atoms with Gasteiger partial charge in [-0.15, -0.1) is 10.2 Å². The van der Waals surface area contributed by atoms with Gasteiger partial charge in [-0.25, -0.2) is 4.39 Å². The minimum absolute atomic E-state index is 0.312. The molecule has 0 aliphatic rings. The van der Waals surface area contributed by atoms with Crippen LogP contribution in [0, 0.1) is 5.82 Å². The van der Waals surface area contributed by atoms with Gasteiger partial charge in [0, 0.05) is 19.2 Å². The first kappa shape index (κ1) is 14.4. The molecular weight excluding hydrogens is 337 g/mol. The van der Waals surface area contributed by atoms with Crippen molar-refractivity contribution in [3.63, 3.8) is 0 Å². The summed E-state index contributed by atoms with van der Waals surface area (Å²) in [6.45, 7) is 1.14. The lowest BCUT2D eigenvalue weighted by molar-refractivity contribution is 0.187. The van der Waals surface area contributed by atoms with Crippen LogP contribution in [0.3, 0.4) is 0 Å². The third-order valence-corrected chi connectivity index (χ3v) is 3.45. The molecule has 0 spiro atoms. The Labute approximate surface area is 123 Å². The number of nitrogens with zero attached hydrogens (tertiary/aromatic N) is 3. The van der Waals surface area contributed by atoms with E-state index in [0.717, 1.165) is 5.82 Å². The van der Waals surface area contributed by atoms with Gasteiger partial charge in [-0.1, -0.05) is 27.5 Å². The van der Waals surface area contributed by atoms with Gasteiger partial charge in [-0.2, -0.15) is 0 Å². The van der Waals surface area contributed by atoms with E-state index in [1.165, 1.54) is 12.1 Å². The van der Waals surface area contributed by atoms with Gasteiger partial charge in [0.25, 0.3) is 0 Å². The van der Waals surface area contributed by atoms with Gasteiger partial charge in [-0.05, 0) is 18.2 Å². The molecule has 0 saturated carbocycles. The highest BCUT2D eigenvalue weighted by Crippen LogP contribution is 2.28. The molecule has 0 fully saturated rings. The monoisotopic (exact) mass is 347 g/mol. The predicted octanol–water partition coefficient (Wildman–Crippen LogP) is 3.28. The second-order valence-corrected chi connectivity index (χ2v) is 4.81. The van der Waals surface area contributed by atoms with E-state index >= 15 is 0 Å². The van der Waals surface area contributed by atoms with Gasteiger partial charge < -0.3 is 9.30 Å². The van der Waals surface area contributed by atoms with Crippen molar-refractivity contribution >= 4 is 27.5 Å². The highest BCUT2D eigenvalue weighted by Gasteiger charge is 2.15. The molecule has 0 N–H and O–H groups in total. The van der Waals surface area contributed by atoms with Crippen molar-refractivity contribution in [1.29, 1.82) is 0 Å². The maximum atomic E-state index is 13.1. The highest BCUT2D eigenvalue weighted by molar-refractivity contribution is 9.08. The fourth-order valence-electron chi connectivity index (χ4n) is 1.72. The van der Waals surface area contributed by atoms with Gasteiger partial charge >= 0.3 is 0 Å². The Morgan fingerprint density at radius 1 is 1.42 bits per heavy atom. The first-order valence-corrected chi connectivity index (χ1v) is 7.09. The van der Waals surface area contributed by atoms with Crippen molar-refractivity contribution in [3.8, 4) is 11.4 Å².